The van der Waals surface area contributed by atoms with E-state index in [2.05, 4.69) is 41.1 Å². The van der Waals surface area contributed by atoms with Gasteiger partial charge in [0.25, 0.3) is 10.7 Å². The lowest BCUT2D eigenvalue weighted by atomic mass is 10.3. The van der Waals surface area contributed by atoms with E-state index in [1.807, 2.05) is 0 Å². The van der Waals surface area contributed by atoms with Gasteiger partial charge >= 0.3 is 0 Å². The summed E-state index contributed by atoms with van der Waals surface area (Å²) >= 11 is 6.53. The molecule has 0 saturated heterocycles. The molecule has 2 aromatic rings. The van der Waals surface area contributed by atoms with Crippen LogP contribution in [0.5, 0.6) is 0 Å². The third-order valence-electron chi connectivity index (χ3n) is 2.48. The van der Waals surface area contributed by atoms with Gasteiger partial charge in [-0.25, -0.2) is 10.1 Å². The molecule has 0 aliphatic heterocycles. The van der Waals surface area contributed by atoms with Crippen molar-refractivity contribution in [2.75, 3.05) is 20.6 Å². The number of hydrogen-bond donors (Lipinski definition) is 1. The van der Waals surface area contributed by atoms with Crippen LogP contribution < -0.4 is 0 Å². The molecule has 7 heteroatoms. The highest BCUT2D eigenvalue weighted by molar-refractivity contribution is 7.71. The highest BCUT2D eigenvalue weighted by Gasteiger charge is 2.15. The van der Waals surface area contributed by atoms with Crippen LogP contribution >= 0.6 is 23.6 Å². The van der Waals surface area contributed by atoms with Gasteiger partial charge < -0.3 is 9.32 Å². The monoisotopic (exact) mass is 284 g/mol. The maximum Gasteiger partial charge on any atom is 0.284 e. The molecule has 0 amide bonds. The first-order valence-electron chi connectivity index (χ1n) is 5.79. The Morgan fingerprint density at radius 1 is 1.44 bits per heavy atom. The Morgan fingerprint density at radius 2 is 2.22 bits per heavy atom. The number of likely N-dealkylation sites (N-methyl/N-ethyl adjacent to an activating group) is 1. The molecule has 0 spiro atoms. The molecule has 2 heterocycles. The zero-order chi connectivity index (χ0) is 13.1. The first-order valence-corrected chi connectivity index (χ1v) is 7.01. The number of H-pyrrole nitrogens is 1. The van der Waals surface area contributed by atoms with Crippen molar-refractivity contribution in [3.05, 3.63) is 15.5 Å². The predicted octanol–water partition coefficient (Wildman–Crippen LogP) is 2.52. The average Bonchev–Trinajstić information content (AvgIpc) is 2.92. The third-order valence-corrected chi connectivity index (χ3v) is 3.80. The number of nitrogens with zero attached hydrogens (tertiary/aromatic N) is 3. The second kappa shape index (κ2) is 5.73. The zero-order valence-corrected chi connectivity index (χ0v) is 12.3. The van der Waals surface area contributed by atoms with Crippen LogP contribution in [0.4, 0.5) is 0 Å². The largest absolute Gasteiger partial charge is 0.408 e. The highest BCUT2D eigenvalue weighted by Crippen LogP contribution is 2.29. The summed E-state index contributed by atoms with van der Waals surface area (Å²) in [7, 11) is 4.11. The summed E-state index contributed by atoms with van der Waals surface area (Å²) in [6.45, 7) is 3.07. The second-order valence-electron chi connectivity index (χ2n) is 4.21. The smallest absolute Gasteiger partial charge is 0.284 e. The molecule has 0 atom stereocenters. The van der Waals surface area contributed by atoms with Crippen LogP contribution in [0.3, 0.4) is 0 Å². The van der Waals surface area contributed by atoms with Crippen molar-refractivity contribution >= 4 is 23.6 Å². The highest BCUT2D eigenvalue weighted by atomic mass is 32.1. The van der Waals surface area contributed by atoms with E-state index >= 15 is 0 Å². The molecular formula is C11H16N4OS2. The molecule has 0 fully saturated rings. The molecule has 0 saturated carbocycles. The molecule has 5 nitrogen and oxygen atoms in total. The van der Waals surface area contributed by atoms with Crippen molar-refractivity contribution < 1.29 is 4.42 Å². The van der Waals surface area contributed by atoms with Crippen LogP contribution in [-0.2, 0) is 12.8 Å². The summed E-state index contributed by atoms with van der Waals surface area (Å²) in [6.07, 6.45) is 1.80. The summed E-state index contributed by atoms with van der Waals surface area (Å²) in [4.78, 5) is 8.06. The van der Waals surface area contributed by atoms with Gasteiger partial charge in [-0.2, -0.15) is 0 Å². The summed E-state index contributed by atoms with van der Waals surface area (Å²) in [5.74, 6) is 0.547. The molecule has 98 valence electrons. The van der Waals surface area contributed by atoms with Crippen molar-refractivity contribution in [1.82, 2.24) is 20.1 Å². The molecule has 0 unspecified atom stereocenters. The van der Waals surface area contributed by atoms with Gasteiger partial charge in [-0.3, -0.25) is 0 Å². The molecule has 18 heavy (non-hydrogen) atoms. The summed E-state index contributed by atoms with van der Waals surface area (Å²) < 4.78 is 5.36. The van der Waals surface area contributed by atoms with E-state index in [9.17, 15) is 0 Å². The summed E-state index contributed by atoms with van der Waals surface area (Å²) in [6, 6.07) is 0. The van der Waals surface area contributed by atoms with Crippen LogP contribution in [0.2, 0.25) is 0 Å². The molecular weight excluding hydrogens is 268 g/mol. The first kappa shape index (κ1) is 13.4. The lowest BCUT2D eigenvalue weighted by Gasteiger charge is -2.06. The van der Waals surface area contributed by atoms with Gasteiger partial charge in [-0.15, -0.1) is 16.4 Å². The van der Waals surface area contributed by atoms with E-state index in [1.54, 1.807) is 11.3 Å². The fraction of sp³-hybridized carbons (Fsp3) is 0.545. The lowest BCUT2D eigenvalue weighted by Crippen LogP contribution is -2.14. The number of hydrogen-bond acceptors (Lipinski definition) is 6. The van der Waals surface area contributed by atoms with Crippen LogP contribution in [0.25, 0.3) is 10.8 Å². The van der Waals surface area contributed by atoms with Crippen LogP contribution in [0.15, 0.2) is 4.42 Å². The van der Waals surface area contributed by atoms with E-state index < -0.39 is 0 Å². The van der Waals surface area contributed by atoms with Crippen molar-refractivity contribution in [2.45, 2.75) is 19.8 Å². The second-order valence-corrected chi connectivity index (χ2v) is 5.66. The summed E-state index contributed by atoms with van der Waals surface area (Å²) in [5, 5.41) is 7.82. The molecule has 0 aliphatic rings. The van der Waals surface area contributed by atoms with E-state index in [4.69, 9.17) is 16.6 Å². The molecule has 2 rings (SSSR count). The van der Waals surface area contributed by atoms with E-state index in [0.29, 0.717) is 10.7 Å². The van der Waals surface area contributed by atoms with Gasteiger partial charge in [0.15, 0.2) is 0 Å². The molecule has 0 aliphatic carbocycles. The Morgan fingerprint density at radius 3 is 2.78 bits per heavy atom. The maximum atomic E-state index is 5.36. The minimum Gasteiger partial charge on any atom is -0.408 e. The Kier molecular flexibility index (Phi) is 4.26. The third kappa shape index (κ3) is 3.04. The Labute approximate surface area is 115 Å². The fourth-order valence-electron chi connectivity index (χ4n) is 1.56. The average molecular weight is 284 g/mol. The SMILES string of the molecule is CCc1nc(CCN(C)C)sc1-c1n[nH]c(=S)o1. The van der Waals surface area contributed by atoms with Gasteiger partial charge in [-0.1, -0.05) is 6.92 Å². The normalized spacial score (nSPS) is 11.3. The van der Waals surface area contributed by atoms with Crippen molar-refractivity contribution in [3.8, 4) is 10.8 Å². The van der Waals surface area contributed by atoms with Crippen molar-refractivity contribution in [1.29, 1.82) is 0 Å². The Balaban J connectivity index is 2.27. The van der Waals surface area contributed by atoms with Crippen LogP contribution in [0, 0.1) is 4.84 Å². The Hall–Kier alpha value is -1.05. The van der Waals surface area contributed by atoms with Crippen LogP contribution in [-0.4, -0.2) is 40.7 Å². The minimum absolute atomic E-state index is 0.301. The quantitative estimate of drug-likeness (QED) is 0.855. The van der Waals surface area contributed by atoms with Gasteiger partial charge in [0.1, 0.15) is 4.88 Å². The number of aromatic nitrogens is 3. The van der Waals surface area contributed by atoms with E-state index in [-0.39, 0.29) is 0 Å². The van der Waals surface area contributed by atoms with Gasteiger partial charge in [-0.05, 0) is 32.7 Å². The van der Waals surface area contributed by atoms with Gasteiger partial charge in [0.2, 0.25) is 0 Å². The van der Waals surface area contributed by atoms with Crippen LogP contribution in [0.1, 0.15) is 17.6 Å². The molecule has 1 N–H and O–H groups in total. The topological polar surface area (TPSA) is 58.0 Å². The van der Waals surface area contributed by atoms with Gasteiger partial charge in [0.05, 0.1) is 10.7 Å². The predicted molar refractivity (Wildman–Crippen MR) is 74.4 cm³/mol. The number of thiazole rings is 1. The summed E-state index contributed by atoms with van der Waals surface area (Å²) in [5.41, 5.74) is 1.03. The van der Waals surface area contributed by atoms with Crippen molar-refractivity contribution in [3.63, 3.8) is 0 Å². The maximum absolute atomic E-state index is 5.36. The zero-order valence-electron chi connectivity index (χ0n) is 10.7. The van der Waals surface area contributed by atoms with E-state index in [0.717, 1.165) is 35.0 Å². The molecule has 0 radical (unpaired) electrons. The van der Waals surface area contributed by atoms with Crippen molar-refractivity contribution in [2.24, 2.45) is 0 Å². The fourth-order valence-corrected chi connectivity index (χ4v) is 2.75. The minimum atomic E-state index is 0.301. The first-order chi connectivity index (χ1) is 8.60. The number of nitrogens with one attached hydrogen (secondary N) is 1. The number of rotatable bonds is 5. The standard InChI is InChI=1S/C11H16N4OS2/c1-4-7-9(10-13-14-11(17)16-10)18-8(12-7)5-6-15(2)3/h4-6H2,1-3H3,(H,14,17). The molecule has 0 bridgehead atoms. The Bertz CT molecular complexity index is 570. The van der Waals surface area contributed by atoms with E-state index in [1.165, 1.54) is 0 Å². The lowest BCUT2D eigenvalue weighted by molar-refractivity contribution is 0.413. The van der Waals surface area contributed by atoms with Gasteiger partial charge in [0, 0.05) is 13.0 Å². The molecule has 0 aromatic carbocycles. The number of aromatic amines is 1. The number of aryl methyl sites for hydroxylation is 1. The molecule has 2 aromatic heterocycles.